The number of anilines is 1. The van der Waals surface area contributed by atoms with Crippen LogP contribution in [0.25, 0.3) is 0 Å². The van der Waals surface area contributed by atoms with Gasteiger partial charge in [0.05, 0.1) is 11.6 Å². The maximum absolute atomic E-state index is 12.4. The topological polar surface area (TPSA) is 66.4 Å². The fourth-order valence-corrected chi connectivity index (χ4v) is 4.21. The minimum atomic E-state index is -3.90. The molecule has 0 aliphatic heterocycles. The van der Waals surface area contributed by atoms with Crippen molar-refractivity contribution >= 4 is 61.5 Å². The molecule has 21 heavy (non-hydrogen) atoms. The lowest BCUT2D eigenvalue weighted by Gasteiger charge is -2.12. The average molecular weight is 458 g/mol. The van der Waals surface area contributed by atoms with E-state index in [1.54, 1.807) is 18.2 Å². The van der Waals surface area contributed by atoms with E-state index in [2.05, 4.69) is 27.3 Å². The van der Waals surface area contributed by atoms with Crippen molar-refractivity contribution in [3.05, 3.63) is 55.6 Å². The van der Waals surface area contributed by atoms with Crippen LogP contribution in [-0.2, 0) is 16.6 Å². The van der Waals surface area contributed by atoms with Crippen LogP contribution in [0, 0.1) is 3.57 Å². The van der Waals surface area contributed by atoms with E-state index in [9.17, 15) is 13.5 Å². The van der Waals surface area contributed by atoms with E-state index in [4.69, 9.17) is 23.2 Å². The first-order valence-corrected chi connectivity index (χ1v) is 9.02. The molecule has 0 bridgehead atoms. The summed E-state index contributed by atoms with van der Waals surface area (Å²) < 4.78 is 28.2. The summed E-state index contributed by atoms with van der Waals surface area (Å²) in [5.74, 6) is 0. The molecule has 0 atom stereocenters. The van der Waals surface area contributed by atoms with Crippen LogP contribution in [0.3, 0.4) is 0 Å². The quantitative estimate of drug-likeness (QED) is 0.684. The van der Waals surface area contributed by atoms with E-state index >= 15 is 0 Å². The van der Waals surface area contributed by atoms with Gasteiger partial charge in [-0.15, -0.1) is 0 Å². The molecule has 0 aliphatic rings. The van der Waals surface area contributed by atoms with Crippen LogP contribution in [0.1, 0.15) is 5.56 Å². The number of aliphatic hydroxyl groups excluding tert-OH is 1. The number of hydrogen-bond acceptors (Lipinski definition) is 3. The lowest BCUT2D eigenvalue weighted by atomic mass is 10.2. The molecule has 0 saturated carbocycles. The van der Waals surface area contributed by atoms with E-state index in [-0.39, 0.29) is 20.5 Å². The molecule has 0 amide bonds. The molecule has 8 heteroatoms. The van der Waals surface area contributed by atoms with Crippen molar-refractivity contribution in [2.45, 2.75) is 11.5 Å². The van der Waals surface area contributed by atoms with Crippen LogP contribution in [0.4, 0.5) is 5.69 Å². The average Bonchev–Trinajstić information content (AvgIpc) is 2.40. The zero-order chi connectivity index (χ0) is 15.6. The third-order valence-corrected chi connectivity index (χ3v) is 5.47. The molecular weight excluding hydrogens is 448 g/mol. The van der Waals surface area contributed by atoms with Crippen LogP contribution in [-0.4, -0.2) is 13.5 Å². The summed E-state index contributed by atoms with van der Waals surface area (Å²) in [6, 6.07) is 9.56. The number of hydrogen-bond donors (Lipinski definition) is 2. The summed E-state index contributed by atoms with van der Waals surface area (Å²) in [5, 5.41) is 9.34. The first-order chi connectivity index (χ1) is 9.83. The Labute approximate surface area is 146 Å². The highest BCUT2D eigenvalue weighted by Crippen LogP contribution is 2.31. The van der Waals surface area contributed by atoms with Gasteiger partial charge >= 0.3 is 0 Å². The molecule has 0 radical (unpaired) electrons. The van der Waals surface area contributed by atoms with Gasteiger partial charge in [0.15, 0.2) is 0 Å². The maximum atomic E-state index is 12.4. The number of halogens is 3. The summed E-state index contributed by atoms with van der Waals surface area (Å²) in [7, 11) is -3.90. The molecule has 2 N–H and O–H groups in total. The third-order valence-electron chi connectivity index (χ3n) is 2.62. The fourth-order valence-electron chi connectivity index (χ4n) is 1.69. The van der Waals surface area contributed by atoms with Gasteiger partial charge in [-0.3, -0.25) is 4.72 Å². The molecule has 112 valence electrons. The summed E-state index contributed by atoms with van der Waals surface area (Å²) in [5.41, 5.74) is 0.677. The number of aliphatic hydroxyl groups is 1. The van der Waals surface area contributed by atoms with Crippen molar-refractivity contribution < 1.29 is 13.5 Å². The second-order valence-electron chi connectivity index (χ2n) is 4.15. The molecule has 4 nitrogen and oxygen atoms in total. The smallest absolute Gasteiger partial charge is 0.263 e. The zero-order valence-electron chi connectivity index (χ0n) is 10.5. The van der Waals surface area contributed by atoms with Crippen molar-refractivity contribution in [1.29, 1.82) is 0 Å². The van der Waals surface area contributed by atoms with Crippen LogP contribution in [0.15, 0.2) is 41.3 Å². The molecule has 0 saturated heterocycles. The van der Waals surface area contributed by atoms with Crippen LogP contribution < -0.4 is 4.72 Å². The summed E-state index contributed by atoms with van der Waals surface area (Å²) in [6.45, 7) is -0.398. The zero-order valence-corrected chi connectivity index (χ0v) is 15.0. The van der Waals surface area contributed by atoms with E-state index < -0.39 is 16.6 Å². The van der Waals surface area contributed by atoms with Crippen LogP contribution in [0.2, 0.25) is 10.0 Å². The molecule has 0 heterocycles. The number of sulfonamides is 1. The Morgan fingerprint density at radius 2 is 1.90 bits per heavy atom. The van der Waals surface area contributed by atoms with E-state index in [0.29, 0.717) is 5.69 Å². The van der Waals surface area contributed by atoms with Gasteiger partial charge in [0.1, 0.15) is 4.90 Å². The summed E-state index contributed by atoms with van der Waals surface area (Å²) in [4.78, 5) is -0.167. The Morgan fingerprint density at radius 1 is 1.19 bits per heavy atom. The van der Waals surface area contributed by atoms with Crippen molar-refractivity contribution in [2.24, 2.45) is 0 Å². The van der Waals surface area contributed by atoms with Gasteiger partial charge in [-0.2, -0.15) is 0 Å². The Balaban J connectivity index is 2.47. The molecule has 0 spiro atoms. The van der Waals surface area contributed by atoms with Crippen molar-refractivity contribution in [3.63, 3.8) is 0 Å². The molecule has 2 aromatic rings. The summed E-state index contributed by atoms with van der Waals surface area (Å²) >= 11 is 14.0. The fraction of sp³-hybridized carbons (Fsp3) is 0.0769. The third kappa shape index (κ3) is 4.01. The predicted molar refractivity (Wildman–Crippen MR) is 92.4 cm³/mol. The lowest BCUT2D eigenvalue weighted by molar-refractivity contribution is 0.281. The van der Waals surface area contributed by atoms with E-state index in [1.807, 2.05) is 6.07 Å². The molecule has 0 aliphatic carbocycles. The lowest BCUT2D eigenvalue weighted by Crippen LogP contribution is -2.14. The molecule has 2 rings (SSSR count). The van der Waals surface area contributed by atoms with Crippen LogP contribution >= 0.6 is 45.8 Å². The van der Waals surface area contributed by atoms with Crippen molar-refractivity contribution in [3.8, 4) is 0 Å². The second-order valence-corrected chi connectivity index (χ2v) is 7.86. The summed E-state index contributed by atoms with van der Waals surface area (Å²) in [6.07, 6.45) is 0. The number of benzene rings is 2. The molecule has 0 fully saturated rings. The first-order valence-electron chi connectivity index (χ1n) is 5.70. The predicted octanol–water partition coefficient (Wildman–Crippen LogP) is 3.89. The highest BCUT2D eigenvalue weighted by molar-refractivity contribution is 14.1. The minimum Gasteiger partial charge on any atom is -0.392 e. The minimum absolute atomic E-state index is 0.0416. The molecule has 2 aromatic carbocycles. The van der Waals surface area contributed by atoms with E-state index in [0.717, 1.165) is 3.57 Å². The van der Waals surface area contributed by atoms with Crippen molar-refractivity contribution in [2.75, 3.05) is 4.72 Å². The van der Waals surface area contributed by atoms with Gasteiger partial charge in [-0.1, -0.05) is 29.3 Å². The molecule has 0 aromatic heterocycles. The largest absolute Gasteiger partial charge is 0.392 e. The highest BCUT2D eigenvalue weighted by atomic mass is 127. The Hall–Kier alpha value is -0.540. The monoisotopic (exact) mass is 457 g/mol. The maximum Gasteiger partial charge on any atom is 0.263 e. The van der Waals surface area contributed by atoms with Crippen LogP contribution in [0.5, 0.6) is 0 Å². The van der Waals surface area contributed by atoms with E-state index in [1.165, 1.54) is 12.1 Å². The standard InChI is InChI=1S/C13H10Cl2INO3S/c14-9-4-8(7-18)13(15)12(5-9)21(19,20)17-11-3-1-2-10(16)6-11/h1-6,17-18H,7H2. The first kappa shape index (κ1) is 16.8. The Morgan fingerprint density at radius 3 is 2.52 bits per heavy atom. The SMILES string of the molecule is O=S(=O)(Nc1cccc(I)c1)c1cc(Cl)cc(CO)c1Cl. The Bertz CT molecular complexity index is 781. The van der Waals surface area contributed by atoms with Gasteiger partial charge in [0, 0.05) is 14.3 Å². The highest BCUT2D eigenvalue weighted by Gasteiger charge is 2.21. The number of rotatable bonds is 4. The number of nitrogens with one attached hydrogen (secondary N) is 1. The normalized spacial score (nSPS) is 11.4. The molecule has 0 unspecified atom stereocenters. The molecular formula is C13H10Cl2INO3S. The Kier molecular flexibility index (Phi) is 5.37. The van der Waals surface area contributed by atoms with Gasteiger partial charge in [-0.05, 0) is 58.5 Å². The van der Waals surface area contributed by atoms with Crippen molar-refractivity contribution in [1.82, 2.24) is 0 Å². The second kappa shape index (κ2) is 6.70. The van der Waals surface area contributed by atoms with Gasteiger partial charge in [0.25, 0.3) is 10.0 Å². The van der Waals surface area contributed by atoms with Gasteiger partial charge in [0.2, 0.25) is 0 Å². The van der Waals surface area contributed by atoms with Gasteiger partial charge < -0.3 is 5.11 Å². The van der Waals surface area contributed by atoms with Gasteiger partial charge in [-0.25, -0.2) is 8.42 Å².